The van der Waals surface area contributed by atoms with E-state index >= 15 is 0 Å². The molecule has 3 atom stereocenters. The third kappa shape index (κ3) is 2.42. The van der Waals surface area contributed by atoms with E-state index in [2.05, 4.69) is 32.0 Å². The first-order valence-electron chi connectivity index (χ1n) is 6.45. The zero-order valence-electron chi connectivity index (χ0n) is 11.0. The van der Waals surface area contributed by atoms with Gasteiger partial charge in [0, 0.05) is 4.88 Å². The van der Waals surface area contributed by atoms with Crippen molar-refractivity contribution in [2.45, 2.75) is 44.2 Å². The summed E-state index contributed by atoms with van der Waals surface area (Å²) in [6.45, 7) is 2.30. The van der Waals surface area contributed by atoms with E-state index in [1.165, 1.54) is 12.8 Å². The summed E-state index contributed by atoms with van der Waals surface area (Å²) in [4.78, 5) is 3.35. The number of hydrogen-bond acceptors (Lipinski definition) is 3. The molecule has 0 amide bonds. The van der Waals surface area contributed by atoms with E-state index in [1.807, 2.05) is 11.4 Å². The molecular weight excluding hydrogens is 230 g/mol. The fraction of sp³-hybridized carbons (Fsp3) is 0.714. The fourth-order valence-electron chi connectivity index (χ4n) is 3.17. The van der Waals surface area contributed by atoms with Crippen LogP contribution >= 0.6 is 11.3 Å². The van der Waals surface area contributed by atoms with Crippen molar-refractivity contribution in [1.29, 1.82) is 0 Å². The van der Waals surface area contributed by atoms with Crippen LogP contribution < -0.4 is 0 Å². The summed E-state index contributed by atoms with van der Waals surface area (Å²) in [6, 6.07) is 4.08. The van der Waals surface area contributed by atoms with Crippen molar-refractivity contribution in [1.82, 2.24) is 4.90 Å². The molecule has 17 heavy (non-hydrogen) atoms. The molecule has 2 rings (SSSR count). The Balaban J connectivity index is 2.27. The lowest BCUT2D eigenvalue weighted by Crippen LogP contribution is -2.51. The molecule has 0 bridgehead atoms. The number of aliphatic hydroxyl groups is 1. The minimum atomic E-state index is -0.347. The molecule has 0 aliphatic heterocycles. The van der Waals surface area contributed by atoms with Crippen LogP contribution in [0.3, 0.4) is 0 Å². The standard InChI is InChI=1S/C14H23NOS/c1-11-6-4-8-14(10-11,15(2)3)13(16)12-7-5-9-17-12/h5,7,9,11,13,16H,4,6,8,10H2,1-3H3. The van der Waals surface area contributed by atoms with Gasteiger partial charge in [-0.3, -0.25) is 0 Å². The van der Waals surface area contributed by atoms with E-state index in [9.17, 15) is 5.11 Å². The van der Waals surface area contributed by atoms with Crippen LogP contribution in [0.25, 0.3) is 0 Å². The molecule has 96 valence electrons. The molecule has 0 aromatic carbocycles. The predicted molar refractivity (Wildman–Crippen MR) is 73.3 cm³/mol. The Kier molecular flexibility index (Phi) is 3.91. The van der Waals surface area contributed by atoms with Crippen LogP contribution in [0.15, 0.2) is 17.5 Å². The second-order valence-corrected chi connectivity index (χ2v) is 6.60. The minimum absolute atomic E-state index is 0.0669. The van der Waals surface area contributed by atoms with E-state index in [4.69, 9.17) is 0 Å². The number of likely N-dealkylation sites (N-methyl/N-ethyl adjacent to an activating group) is 1. The molecule has 1 saturated carbocycles. The molecule has 1 aromatic heterocycles. The minimum Gasteiger partial charge on any atom is -0.386 e. The summed E-state index contributed by atoms with van der Waals surface area (Å²) >= 11 is 1.67. The van der Waals surface area contributed by atoms with Crippen molar-refractivity contribution in [2.24, 2.45) is 5.92 Å². The summed E-state index contributed by atoms with van der Waals surface area (Å²) in [6.07, 6.45) is 4.37. The van der Waals surface area contributed by atoms with Crippen LogP contribution in [0.1, 0.15) is 43.6 Å². The number of thiophene rings is 1. The van der Waals surface area contributed by atoms with Gasteiger partial charge < -0.3 is 10.0 Å². The van der Waals surface area contributed by atoms with Crippen molar-refractivity contribution >= 4 is 11.3 Å². The maximum atomic E-state index is 10.7. The molecule has 1 N–H and O–H groups in total. The average Bonchev–Trinajstić information content (AvgIpc) is 2.81. The third-order valence-electron chi connectivity index (χ3n) is 4.22. The van der Waals surface area contributed by atoms with Crippen molar-refractivity contribution in [3.63, 3.8) is 0 Å². The molecule has 3 heteroatoms. The molecule has 1 heterocycles. The second-order valence-electron chi connectivity index (χ2n) is 5.62. The van der Waals surface area contributed by atoms with E-state index in [1.54, 1.807) is 11.3 Å². The Morgan fingerprint density at radius 2 is 2.29 bits per heavy atom. The van der Waals surface area contributed by atoms with Crippen LogP contribution in [-0.2, 0) is 0 Å². The third-order valence-corrected chi connectivity index (χ3v) is 5.15. The average molecular weight is 253 g/mol. The fourth-order valence-corrected chi connectivity index (χ4v) is 3.99. The summed E-state index contributed by atoms with van der Waals surface area (Å²) in [5.41, 5.74) is -0.0669. The van der Waals surface area contributed by atoms with Crippen LogP contribution in [0.2, 0.25) is 0 Å². The van der Waals surface area contributed by atoms with Crippen LogP contribution in [-0.4, -0.2) is 29.6 Å². The topological polar surface area (TPSA) is 23.5 Å². The molecule has 0 radical (unpaired) electrons. The lowest BCUT2D eigenvalue weighted by Gasteiger charge is -2.48. The quantitative estimate of drug-likeness (QED) is 0.893. The Labute approximate surface area is 108 Å². The van der Waals surface area contributed by atoms with Gasteiger partial charge in [0.05, 0.1) is 5.54 Å². The van der Waals surface area contributed by atoms with E-state index in [0.717, 1.165) is 17.7 Å². The van der Waals surface area contributed by atoms with Crippen molar-refractivity contribution in [3.05, 3.63) is 22.4 Å². The maximum Gasteiger partial charge on any atom is 0.106 e. The molecule has 1 fully saturated rings. The molecule has 0 saturated heterocycles. The predicted octanol–water partition coefficient (Wildman–Crippen LogP) is 3.29. The Hall–Kier alpha value is -0.380. The highest BCUT2D eigenvalue weighted by atomic mass is 32.1. The molecule has 0 spiro atoms. The van der Waals surface area contributed by atoms with Crippen molar-refractivity contribution in [2.75, 3.05) is 14.1 Å². The number of aliphatic hydroxyl groups excluding tert-OH is 1. The molecular formula is C14H23NOS. The second kappa shape index (κ2) is 5.09. The first-order valence-corrected chi connectivity index (χ1v) is 7.33. The molecule has 1 aliphatic carbocycles. The zero-order chi connectivity index (χ0) is 12.5. The molecule has 1 aliphatic rings. The van der Waals surface area contributed by atoms with E-state index in [0.29, 0.717) is 5.92 Å². The van der Waals surface area contributed by atoms with Gasteiger partial charge in [0.15, 0.2) is 0 Å². The SMILES string of the molecule is CC1CCCC(C(O)c2cccs2)(N(C)C)C1. The summed E-state index contributed by atoms with van der Waals surface area (Å²) in [5.74, 6) is 0.709. The Morgan fingerprint density at radius 3 is 2.82 bits per heavy atom. The Morgan fingerprint density at radius 1 is 1.53 bits per heavy atom. The number of nitrogens with zero attached hydrogens (tertiary/aromatic N) is 1. The van der Waals surface area contributed by atoms with Gasteiger partial charge in [0.2, 0.25) is 0 Å². The van der Waals surface area contributed by atoms with Crippen LogP contribution in [0.5, 0.6) is 0 Å². The van der Waals surface area contributed by atoms with Crippen molar-refractivity contribution in [3.8, 4) is 0 Å². The van der Waals surface area contributed by atoms with Crippen LogP contribution in [0, 0.1) is 5.92 Å². The zero-order valence-corrected chi connectivity index (χ0v) is 11.8. The first kappa shape index (κ1) is 13.1. The summed E-state index contributed by atoms with van der Waals surface area (Å²) < 4.78 is 0. The molecule has 3 unspecified atom stereocenters. The normalized spacial score (nSPS) is 31.7. The maximum absolute atomic E-state index is 10.7. The van der Waals surface area contributed by atoms with E-state index in [-0.39, 0.29) is 11.6 Å². The molecule has 2 nitrogen and oxygen atoms in total. The highest BCUT2D eigenvalue weighted by Crippen LogP contribution is 2.44. The summed E-state index contributed by atoms with van der Waals surface area (Å²) in [7, 11) is 4.21. The monoisotopic (exact) mass is 253 g/mol. The van der Waals surface area contributed by atoms with Gasteiger partial charge >= 0.3 is 0 Å². The Bertz CT molecular complexity index is 349. The largest absolute Gasteiger partial charge is 0.386 e. The highest BCUT2D eigenvalue weighted by molar-refractivity contribution is 7.10. The van der Waals surface area contributed by atoms with Crippen molar-refractivity contribution < 1.29 is 5.11 Å². The van der Waals surface area contributed by atoms with Gasteiger partial charge in [-0.25, -0.2) is 0 Å². The van der Waals surface area contributed by atoms with Gasteiger partial charge in [-0.2, -0.15) is 0 Å². The van der Waals surface area contributed by atoms with Gasteiger partial charge in [0.1, 0.15) is 6.10 Å². The number of rotatable bonds is 3. The van der Waals surface area contributed by atoms with Crippen LogP contribution in [0.4, 0.5) is 0 Å². The highest BCUT2D eigenvalue weighted by Gasteiger charge is 2.43. The number of hydrogen-bond donors (Lipinski definition) is 1. The first-order chi connectivity index (χ1) is 8.06. The van der Waals surface area contributed by atoms with E-state index < -0.39 is 0 Å². The smallest absolute Gasteiger partial charge is 0.106 e. The lowest BCUT2D eigenvalue weighted by molar-refractivity contribution is -0.0433. The van der Waals surface area contributed by atoms with Gasteiger partial charge in [-0.1, -0.05) is 25.8 Å². The lowest BCUT2D eigenvalue weighted by atomic mass is 9.72. The van der Waals surface area contributed by atoms with Gasteiger partial charge in [-0.15, -0.1) is 11.3 Å². The van der Waals surface area contributed by atoms with Gasteiger partial charge in [0.25, 0.3) is 0 Å². The molecule has 1 aromatic rings. The summed E-state index contributed by atoms with van der Waals surface area (Å²) in [5, 5.41) is 12.8. The van der Waals surface area contributed by atoms with Gasteiger partial charge in [-0.05, 0) is 44.3 Å².